The van der Waals surface area contributed by atoms with Gasteiger partial charge in [-0.15, -0.1) is 11.3 Å². The Morgan fingerprint density at radius 3 is 2.80 bits per heavy atom. The summed E-state index contributed by atoms with van der Waals surface area (Å²) in [4.78, 5) is 9.82. The molecule has 0 atom stereocenters. The van der Waals surface area contributed by atoms with Gasteiger partial charge in [0.2, 0.25) is 5.95 Å². The molecule has 4 nitrogen and oxygen atoms in total. The van der Waals surface area contributed by atoms with Gasteiger partial charge in [0, 0.05) is 7.05 Å². The fourth-order valence-corrected chi connectivity index (χ4v) is 2.96. The largest absolute Gasteiger partial charge is 0.357 e. The van der Waals surface area contributed by atoms with Crippen molar-refractivity contribution in [3.63, 3.8) is 0 Å². The SMILES string of the molecule is CNc1nc(Nc2ccc(C)cc2Cl)c2ccsc2n1. The first-order chi connectivity index (χ1) is 9.67. The summed E-state index contributed by atoms with van der Waals surface area (Å²) in [5.41, 5.74) is 1.96. The van der Waals surface area contributed by atoms with Crippen molar-refractivity contribution in [1.29, 1.82) is 0 Å². The lowest BCUT2D eigenvalue weighted by Gasteiger charge is -2.10. The molecule has 0 aliphatic heterocycles. The van der Waals surface area contributed by atoms with Crippen molar-refractivity contribution >= 4 is 50.6 Å². The molecule has 0 saturated heterocycles. The van der Waals surface area contributed by atoms with Gasteiger partial charge in [0.15, 0.2) is 0 Å². The molecule has 0 aliphatic carbocycles. The minimum atomic E-state index is 0.589. The van der Waals surface area contributed by atoms with Gasteiger partial charge < -0.3 is 10.6 Å². The Kier molecular flexibility index (Phi) is 3.46. The predicted octanol–water partition coefficient (Wildman–Crippen LogP) is 4.44. The molecule has 1 aromatic carbocycles. The Balaban J connectivity index is 2.07. The van der Waals surface area contributed by atoms with Crippen LogP contribution < -0.4 is 10.6 Å². The fraction of sp³-hybridized carbons (Fsp3) is 0.143. The Morgan fingerprint density at radius 2 is 2.05 bits per heavy atom. The third-order valence-electron chi connectivity index (χ3n) is 2.93. The van der Waals surface area contributed by atoms with E-state index in [9.17, 15) is 0 Å². The van der Waals surface area contributed by atoms with E-state index in [0.29, 0.717) is 11.0 Å². The number of benzene rings is 1. The van der Waals surface area contributed by atoms with E-state index in [1.165, 1.54) is 0 Å². The molecule has 20 heavy (non-hydrogen) atoms. The van der Waals surface area contributed by atoms with Crippen molar-refractivity contribution < 1.29 is 0 Å². The van der Waals surface area contributed by atoms with Crippen molar-refractivity contribution in [2.24, 2.45) is 0 Å². The summed E-state index contributed by atoms with van der Waals surface area (Å²) >= 11 is 7.84. The number of anilines is 3. The second-order valence-corrected chi connectivity index (χ2v) is 5.70. The zero-order valence-electron chi connectivity index (χ0n) is 11.1. The topological polar surface area (TPSA) is 49.8 Å². The third-order valence-corrected chi connectivity index (χ3v) is 4.05. The normalized spacial score (nSPS) is 10.8. The number of rotatable bonds is 3. The van der Waals surface area contributed by atoms with E-state index in [2.05, 4.69) is 20.6 Å². The lowest BCUT2D eigenvalue weighted by atomic mass is 10.2. The standard InChI is InChI=1S/C14H13ClN4S/c1-8-3-4-11(10(15)7-8)17-12-9-5-6-20-13(9)19-14(16-2)18-12/h3-7H,1-2H3,(H2,16,17,18,19). The molecule has 2 N–H and O–H groups in total. The van der Waals surface area contributed by atoms with E-state index >= 15 is 0 Å². The van der Waals surface area contributed by atoms with Crippen LogP contribution in [0.25, 0.3) is 10.2 Å². The molecule has 3 rings (SSSR count). The molecular formula is C14H13ClN4S. The van der Waals surface area contributed by atoms with Crippen LogP contribution in [0.2, 0.25) is 5.02 Å². The Morgan fingerprint density at radius 1 is 1.20 bits per heavy atom. The van der Waals surface area contributed by atoms with E-state index < -0.39 is 0 Å². The van der Waals surface area contributed by atoms with E-state index in [-0.39, 0.29) is 0 Å². The Bertz CT molecular complexity index is 769. The fourth-order valence-electron chi connectivity index (χ4n) is 1.91. The molecule has 3 aromatic rings. The quantitative estimate of drug-likeness (QED) is 0.751. The summed E-state index contributed by atoms with van der Waals surface area (Å²) in [6.45, 7) is 2.01. The number of hydrogen-bond donors (Lipinski definition) is 2. The van der Waals surface area contributed by atoms with Gasteiger partial charge in [0.1, 0.15) is 10.6 Å². The van der Waals surface area contributed by atoms with Gasteiger partial charge in [0.25, 0.3) is 0 Å². The molecule has 6 heteroatoms. The van der Waals surface area contributed by atoms with Crippen LogP contribution in [0, 0.1) is 6.92 Å². The third kappa shape index (κ3) is 2.42. The van der Waals surface area contributed by atoms with Crippen LogP contribution in [-0.4, -0.2) is 17.0 Å². The molecule has 0 fully saturated rings. The van der Waals surface area contributed by atoms with Crippen molar-refractivity contribution in [2.75, 3.05) is 17.7 Å². The number of fused-ring (bicyclic) bond motifs is 1. The van der Waals surface area contributed by atoms with Crippen LogP contribution in [0.3, 0.4) is 0 Å². The molecule has 0 aliphatic rings. The van der Waals surface area contributed by atoms with Gasteiger partial charge in [-0.25, -0.2) is 4.98 Å². The summed E-state index contributed by atoms with van der Waals surface area (Å²) < 4.78 is 0. The first-order valence-corrected chi connectivity index (χ1v) is 7.39. The molecule has 0 bridgehead atoms. The first kappa shape index (κ1) is 13.1. The van der Waals surface area contributed by atoms with Gasteiger partial charge in [-0.1, -0.05) is 17.7 Å². The maximum Gasteiger partial charge on any atom is 0.225 e. The highest BCUT2D eigenvalue weighted by Crippen LogP contribution is 2.31. The second kappa shape index (κ2) is 5.26. The Labute approximate surface area is 125 Å². The second-order valence-electron chi connectivity index (χ2n) is 4.39. The van der Waals surface area contributed by atoms with Gasteiger partial charge in [0.05, 0.1) is 16.1 Å². The Hall–Kier alpha value is -1.85. The molecular weight excluding hydrogens is 292 g/mol. The van der Waals surface area contributed by atoms with Crippen LogP contribution in [0.15, 0.2) is 29.6 Å². The zero-order chi connectivity index (χ0) is 14.1. The number of hydrogen-bond acceptors (Lipinski definition) is 5. The zero-order valence-corrected chi connectivity index (χ0v) is 12.6. The molecule has 0 spiro atoms. The van der Waals surface area contributed by atoms with E-state index in [1.807, 2.05) is 36.6 Å². The summed E-state index contributed by atoms with van der Waals surface area (Å²) in [7, 11) is 1.80. The highest BCUT2D eigenvalue weighted by atomic mass is 35.5. The number of thiophene rings is 1. The lowest BCUT2D eigenvalue weighted by Crippen LogP contribution is -2.01. The van der Waals surface area contributed by atoms with Gasteiger partial charge in [-0.3, -0.25) is 0 Å². The maximum atomic E-state index is 6.26. The average molecular weight is 305 g/mol. The highest BCUT2D eigenvalue weighted by Gasteiger charge is 2.10. The molecule has 102 valence electrons. The minimum Gasteiger partial charge on any atom is -0.357 e. The summed E-state index contributed by atoms with van der Waals surface area (Å²) in [5.74, 6) is 1.34. The molecule has 0 radical (unpaired) electrons. The predicted molar refractivity (Wildman–Crippen MR) is 86.4 cm³/mol. The number of halogens is 1. The summed E-state index contributed by atoms with van der Waals surface area (Å²) in [6.07, 6.45) is 0. The maximum absolute atomic E-state index is 6.26. The van der Waals surface area contributed by atoms with Crippen LogP contribution in [0.5, 0.6) is 0 Å². The number of nitrogens with one attached hydrogen (secondary N) is 2. The van der Waals surface area contributed by atoms with Crippen LogP contribution >= 0.6 is 22.9 Å². The number of aromatic nitrogens is 2. The molecule has 2 aromatic heterocycles. The van der Waals surface area contributed by atoms with E-state index in [4.69, 9.17) is 11.6 Å². The average Bonchev–Trinajstić information content (AvgIpc) is 2.90. The first-order valence-electron chi connectivity index (χ1n) is 6.13. The lowest BCUT2D eigenvalue weighted by molar-refractivity contribution is 1.20. The van der Waals surface area contributed by atoms with Crippen molar-refractivity contribution in [3.05, 3.63) is 40.2 Å². The minimum absolute atomic E-state index is 0.589. The van der Waals surface area contributed by atoms with Crippen molar-refractivity contribution in [2.45, 2.75) is 6.92 Å². The van der Waals surface area contributed by atoms with Crippen molar-refractivity contribution in [3.8, 4) is 0 Å². The van der Waals surface area contributed by atoms with Crippen LogP contribution in [0.4, 0.5) is 17.5 Å². The van der Waals surface area contributed by atoms with E-state index in [0.717, 1.165) is 27.3 Å². The molecule has 2 heterocycles. The van der Waals surface area contributed by atoms with E-state index in [1.54, 1.807) is 18.4 Å². The number of nitrogens with zero attached hydrogens (tertiary/aromatic N) is 2. The molecule has 0 saturated carbocycles. The molecule has 0 amide bonds. The number of aryl methyl sites for hydroxylation is 1. The van der Waals surface area contributed by atoms with Crippen LogP contribution in [-0.2, 0) is 0 Å². The monoisotopic (exact) mass is 304 g/mol. The molecule has 0 unspecified atom stereocenters. The van der Waals surface area contributed by atoms with Crippen LogP contribution in [0.1, 0.15) is 5.56 Å². The van der Waals surface area contributed by atoms with Gasteiger partial charge in [-0.05, 0) is 36.1 Å². The smallest absolute Gasteiger partial charge is 0.225 e. The highest BCUT2D eigenvalue weighted by molar-refractivity contribution is 7.16. The summed E-state index contributed by atoms with van der Waals surface area (Å²) in [5, 5.41) is 9.93. The van der Waals surface area contributed by atoms with Gasteiger partial charge >= 0.3 is 0 Å². The van der Waals surface area contributed by atoms with Crippen molar-refractivity contribution in [1.82, 2.24) is 9.97 Å². The van der Waals surface area contributed by atoms with Gasteiger partial charge in [-0.2, -0.15) is 4.98 Å². The summed E-state index contributed by atoms with van der Waals surface area (Å²) in [6, 6.07) is 7.90.